The smallest absolute Gasteiger partial charge is 0.177 e. The summed E-state index contributed by atoms with van der Waals surface area (Å²) in [6.45, 7) is 0.846. The summed E-state index contributed by atoms with van der Waals surface area (Å²) in [6.07, 6.45) is 5.83. The molecular weight excluding hydrogens is 180 g/mol. The van der Waals surface area contributed by atoms with E-state index < -0.39 is 0 Å². The van der Waals surface area contributed by atoms with Crippen molar-refractivity contribution in [3.63, 3.8) is 0 Å². The van der Waals surface area contributed by atoms with Crippen molar-refractivity contribution in [3.05, 3.63) is 5.82 Å². The van der Waals surface area contributed by atoms with Gasteiger partial charge < -0.3 is 4.74 Å². The first kappa shape index (κ1) is 8.35. The molecule has 2 aliphatic rings. The third-order valence-electron chi connectivity index (χ3n) is 3.48. The van der Waals surface area contributed by atoms with Crippen molar-refractivity contribution >= 4 is 0 Å². The van der Waals surface area contributed by atoms with Crippen molar-refractivity contribution in [1.29, 1.82) is 0 Å². The van der Waals surface area contributed by atoms with Crippen molar-refractivity contribution in [2.24, 2.45) is 0 Å². The Labute approximate surface area is 82.2 Å². The van der Waals surface area contributed by atoms with E-state index in [9.17, 15) is 0 Å². The van der Waals surface area contributed by atoms with Gasteiger partial charge in [0.15, 0.2) is 5.82 Å². The highest BCUT2D eigenvalue weighted by Gasteiger charge is 2.43. The number of rotatable bonds is 1. The summed E-state index contributed by atoms with van der Waals surface area (Å²) in [5, 5.41) is 14.3. The predicted molar refractivity (Wildman–Crippen MR) is 48.7 cm³/mol. The van der Waals surface area contributed by atoms with Gasteiger partial charge in [-0.2, -0.15) is 5.21 Å². The van der Waals surface area contributed by atoms with Crippen LogP contribution in [0.3, 0.4) is 0 Å². The summed E-state index contributed by atoms with van der Waals surface area (Å²) >= 11 is 0. The summed E-state index contributed by atoms with van der Waals surface area (Å²) < 4.78 is 5.84. The maximum atomic E-state index is 5.84. The van der Waals surface area contributed by atoms with Crippen LogP contribution in [0.2, 0.25) is 0 Å². The zero-order valence-corrected chi connectivity index (χ0v) is 8.07. The van der Waals surface area contributed by atoms with E-state index in [1.165, 1.54) is 19.3 Å². The van der Waals surface area contributed by atoms with Crippen LogP contribution in [0.25, 0.3) is 0 Å². The van der Waals surface area contributed by atoms with Gasteiger partial charge in [-0.3, -0.25) is 0 Å². The Kier molecular flexibility index (Phi) is 1.80. The van der Waals surface area contributed by atoms with Crippen LogP contribution >= 0.6 is 0 Å². The first-order chi connectivity index (χ1) is 6.88. The lowest BCUT2D eigenvalue weighted by molar-refractivity contribution is -0.134. The molecule has 1 saturated heterocycles. The Morgan fingerprint density at radius 2 is 2.36 bits per heavy atom. The van der Waals surface area contributed by atoms with Gasteiger partial charge in [-0.05, 0) is 32.1 Å². The van der Waals surface area contributed by atoms with Crippen LogP contribution in [-0.4, -0.2) is 32.8 Å². The molecule has 0 bridgehead atoms. The highest BCUT2D eigenvalue weighted by molar-refractivity contribution is 5.02. The molecule has 1 aromatic heterocycles. The average molecular weight is 194 g/mol. The number of aromatic nitrogens is 4. The molecule has 1 atom stereocenters. The van der Waals surface area contributed by atoms with Gasteiger partial charge in [0.25, 0.3) is 0 Å². The van der Waals surface area contributed by atoms with E-state index in [1.807, 2.05) is 0 Å². The van der Waals surface area contributed by atoms with E-state index in [4.69, 9.17) is 4.74 Å². The fourth-order valence-electron chi connectivity index (χ4n) is 2.51. The largest absolute Gasteiger partial charge is 0.375 e. The molecule has 2 fully saturated rings. The number of nitrogens with zero attached hydrogens (tertiary/aromatic N) is 3. The van der Waals surface area contributed by atoms with Crippen molar-refractivity contribution in [2.75, 3.05) is 6.61 Å². The second kappa shape index (κ2) is 3.02. The third kappa shape index (κ3) is 1.23. The summed E-state index contributed by atoms with van der Waals surface area (Å²) in [7, 11) is 0. The second-order valence-electron chi connectivity index (χ2n) is 4.34. The molecule has 5 nitrogen and oxygen atoms in total. The van der Waals surface area contributed by atoms with Crippen LogP contribution in [0, 0.1) is 0 Å². The quantitative estimate of drug-likeness (QED) is 0.724. The molecule has 0 radical (unpaired) electrons. The highest BCUT2D eigenvalue weighted by Crippen LogP contribution is 2.46. The zero-order valence-electron chi connectivity index (χ0n) is 8.07. The SMILES string of the molecule is C1CC2(C1)CC(c1nn[nH]n1)CCO2. The lowest BCUT2D eigenvalue weighted by atomic mass is 9.72. The Morgan fingerprint density at radius 1 is 1.43 bits per heavy atom. The van der Waals surface area contributed by atoms with Crippen molar-refractivity contribution in [1.82, 2.24) is 20.6 Å². The van der Waals surface area contributed by atoms with Crippen molar-refractivity contribution < 1.29 is 4.74 Å². The van der Waals surface area contributed by atoms with E-state index in [2.05, 4.69) is 20.6 Å². The van der Waals surface area contributed by atoms with Gasteiger partial charge >= 0.3 is 0 Å². The molecule has 0 amide bonds. The number of hydrogen-bond donors (Lipinski definition) is 1. The zero-order chi connectivity index (χ0) is 9.43. The van der Waals surface area contributed by atoms with Crippen LogP contribution in [0.1, 0.15) is 43.8 Å². The van der Waals surface area contributed by atoms with E-state index in [0.29, 0.717) is 5.92 Å². The maximum Gasteiger partial charge on any atom is 0.177 e. The average Bonchev–Trinajstić information content (AvgIpc) is 2.68. The molecule has 1 aliphatic carbocycles. The molecule has 5 heteroatoms. The molecule has 1 aromatic rings. The van der Waals surface area contributed by atoms with Gasteiger partial charge in [0.05, 0.1) is 5.60 Å². The molecule has 2 heterocycles. The summed E-state index contributed by atoms with van der Waals surface area (Å²) in [5.41, 5.74) is 0.170. The number of H-pyrrole nitrogens is 1. The number of tetrazole rings is 1. The van der Waals surface area contributed by atoms with Gasteiger partial charge in [0.1, 0.15) is 0 Å². The molecule has 1 N–H and O–H groups in total. The molecular formula is C9H14N4O. The maximum absolute atomic E-state index is 5.84. The van der Waals surface area contributed by atoms with Crippen LogP contribution in [0.5, 0.6) is 0 Å². The normalized spacial score (nSPS) is 30.1. The third-order valence-corrected chi connectivity index (χ3v) is 3.48. The topological polar surface area (TPSA) is 63.7 Å². The number of ether oxygens (including phenoxy) is 1. The van der Waals surface area contributed by atoms with Crippen LogP contribution < -0.4 is 0 Å². The number of hydrogen-bond acceptors (Lipinski definition) is 4. The summed E-state index contributed by atoms with van der Waals surface area (Å²) in [5.74, 6) is 1.31. The highest BCUT2D eigenvalue weighted by atomic mass is 16.5. The fourth-order valence-corrected chi connectivity index (χ4v) is 2.51. The van der Waals surface area contributed by atoms with Gasteiger partial charge in [-0.25, -0.2) is 0 Å². The van der Waals surface area contributed by atoms with E-state index in [0.717, 1.165) is 25.3 Å². The lowest BCUT2D eigenvalue weighted by Gasteiger charge is -2.46. The lowest BCUT2D eigenvalue weighted by Crippen LogP contribution is -2.45. The predicted octanol–water partition coefficient (Wildman–Crippen LogP) is 1.02. The molecule has 14 heavy (non-hydrogen) atoms. The first-order valence-electron chi connectivity index (χ1n) is 5.25. The monoisotopic (exact) mass is 194 g/mol. The van der Waals surface area contributed by atoms with Crippen LogP contribution in [-0.2, 0) is 4.74 Å². The molecule has 76 valence electrons. The minimum atomic E-state index is 0.170. The first-order valence-corrected chi connectivity index (χ1v) is 5.25. The van der Waals surface area contributed by atoms with Gasteiger partial charge in [-0.15, -0.1) is 10.2 Å². The van der Waals surface area contributed by atoms with Gasteiger partial charge in [-0.1, -0.05) is 5.21 Å². The summed E-state index contributed by atoms with van der Waals surface area (Å²) in [4.78, 5) is 0. The summed E-state index contributed by atoms with van der Waals surface area (Å²) in [6, 6.07) is 0. The Morgan fingerprint density at radius 3 is 3.00 bits per heavy atom. The molecule has 1 aliphatic heterocycles. The molecule has 3 rings (SSSR count). The Bertz CT molecular complexity index is 307. The van der Waals surface area contributed by atoms with E-state index >= 15 is 0 Å². The van der Waals surface area contributed by atoms with E-state index in [-0.39, 0.29) is 5.60 Å². The second-order valence-corrected chi connectivity index (χ2v) is 4.34. The molecule has 1 saturated carbocycles. The van der Waals surface area contributed by atoms with Gasteiger partial charge in [0.2, 0.25) is 0 Å². The Hall–Kier alpha value is -0.970. The van der Waals surface area contributed by atoms with Crippen molar-refractivity contribution in [3.8, 4) is 0 Å². The van der Waals surface area contributed by atoms with Gasteiger partial charge in [0, 0.05) is 12.5 Å². The minimum Gasteiger partial charge on any atom is -0.375 e. The number of nitrogens with one attached hydrogen (secondary N) is 1. The molecule has 0 aromatic carbocycles. The van der Waals surface area contributed by atoms with E-state index in [1.54, 1.807) is 0 Å². The minimum absolute atomic E-state index is 0.170. The standard InChI is InChI=1S/C9H14N4O/c1-3-9(4-1)6-7(2-5-14-9)8-10-12-13-11-8/h7H,1-6H2,(H,10,11,12,13). The van der Waals surface area contributed by atoms with Crippen LogP contribution in [0.15, 0.2) is 0 Å². The molecule has 1 unspecified atom stereocenters. The van der Waals surface area contributed by atoms with Crippen molar-refractivity contribution in [2.45, 2.75) is 43.6 Å². The number of aromatic amines is 1. The molecule has 1 spiro atoms. The fraction of sp³-hybridized carbons (Fsp3) is 0.889. The van der Waals surface area contributed by atoms with Crippen LogP contribution in [0.4, 0.5) is 0 Å². The Balaban J connectivity index is 1.75.